The van der Waals surface area contributed by atoms with Gasteiger partial charge in [-0.1, -0.05) is 183 Å². The number of quaternary nitrogens is 1. The van der Waals surface area contributed by atoms with Crippen LogP contribution < -0.4 is 4.89 Å². The SMILES string of the molecule is CC/C=C\C/C=C\C/C=C\C/C=C\C/C=C\C/C=C\CCC(=O)O[C@H](CO/C=C\CCCCCCCCCCCCCCCCCC)COP(=O)([O-])OCC[N+](C)(C)C. The van der Waals surface area contributed by atoms with Gasteiger partial charge in [-0.3, -0.25) is 9.36 Å². The molecule has 0 rings (SSSR count). The van der Waals surface area contributed by atoms with E-state index in [1.165, 1.54) is 96.3 Å². The monoisotopic (exact) mass is 846 g/mol. The third kappa shape index (κ3) is 46.4. The Kier molecular flexibility index (Phi) is 40.4. The lowest BCUT2D eigenvalue weighted by atomic mass is 10.0. The molecule has 0 aliphatic heterocycles. The summed E-state index contributed by atoms with van der Waals surface area (Å²) in [5.41, 5.74) is 0. The Balaban J connectivity index is 4.39. The van der Waals surface area contributed by atoms with E-state index in [1.807, 2.05) is 39.4 Å². The van der Waals surface area contributed by atoms with E-state index < -0.39 is 19.9 Å². The van der Waals surface area contributed by atoms with Crippen molar-refractivity contribution in [2.75, 3.05) is 47.5 Å². The van der Waals surface area contributed by atoms with Crippen molar-refractivity contribution in [1.82, 2.24) is 0 Å². The molecule has 0 fully saturated rings. The van der Waals surface area contributed by atoms with E-state index in [1.54, 1.807) is 6.26 Å². The lowest BCUT2D eigenvalue weighted by molar-refractivity contribution is -0.870. The molecule has 0 amide bonds. The van der Waals surface area contributed by atoms with Gasteiger partial charge in [-0.2, -0.15) is 0 Å². The van der Waals surface area contributed by atoms with Crippen LogP contribution in [0.3, 0.4) is 0 Å². The second-order valence-corrected chi connectivity index (χ2v) is 17.9. The van der Waals surface area contributed by atoms with Gasteiger partial charge < -0.3 is 27.9 Å². The molecule has 340 valence electrons. The Morgan fingerprint density at radius 1 is 0.559 bits per heavy atom. The van der Waals surface area contributed by atoms with E-state index in [-0.39, 0.29) is 26.2 Å². The highest BCUT2D eigenvalue weighted by Gasteiger charge is 2.20. The molecule has 59 heavy (non-hydrogen) atoms. The Morgan fingerprint density at radius 3 is 1.46 bits per heavy atom. The summed E-state index contributed by atoms with van der Waals surface area (Å²) in [7, 11) is 1.27. The molecule has 8 nitrogen and oxygen atoms in total. The Labute approximate surface area is 363 Å². The first kappa shape index (κ1) is 56.5. The molecule has 0 aromatic rings. The summed E-state index contributed by atoms with van der Waals surface area (Å²) in [6, 6.07) is 0. The van der Waals surface area contributed by atoms with Crippen LogP contribution in [0.1, 0.15) is 174 Å². The van der Waals surface area contributed by atoms with Gasteiger partial charge in [-0.15, -0.1) is 0 Å². The molecule has 0 heterocycles. The van der Waals surface area contributed by atoms with Crippen molar-refractivity contribution in [3.8, 4) is 0 Å². The summed E-state index contributed by atoms with van der Waals surface area (Å²) >= 11 is 0. The number of esters is 1. The molecule has 0 bridgehead atoms. The van der Waals surface area contributed by atoms with Crippen molar-refractivity contribution in [1.29, 1.82) is 0 Å². The molecular formula is C50H88NO7P. The van der Waals surface area contributed by atoms with Crippen molar-refractivity contribution < 1.29 is 37.3 Å². The van der Waals surface area contributed by atoms with E-state index in [0.29, 0.717) is 17.4 Å². The van der Waals surface area contributed by atoms with Crippen molar-refractivity contribution >= 4 is 13.8 Å². The minimum atomic E-state index is -4.57. The van der Waals surface area contributed by atoms with Gasteiger partial charge in [0, 0.05) is 6.42 Å². The molecule has 2 atom stereocenters. The quantitative estimate of drug-likeness (QED) is 0.0151. The molecule has 0 saturated heterocycles. The number of nitrogens with zero attached hydrogens (tertiary/aromatic N) is 1. The molecule has 0 aliphatic carbocycles. The van der Waals surface area contributed by atoms with E-state index in [4.69, 9.17) is 18.5 Å². The van der Waals surface area contributed by atoms with Gasteiger partial charge in [-0.25, -0.2) is 0 Å². The lowest BCUT2D eigenvalue weighted by Gasteiger charge is -2.28. The van der Waals surface area contributed by atoms with E-state index in [9.17, 15) is 14.3 Å². The van der Waals surface area contributed by atoms with E-state index >= 15 is 0 Å². The average molecular weight is 846 g/mol. The maximum Gasteiger partial charge on any atom is 0.306 e. The van der Waals surface area contributed by atoms with E-state index in [0.717, 1.165) is 51.4 Å². The van der Waals surface area contributed by atoms with Gasteiger partial charge in [0.2, 0.25) is 0 Å². The van der Waals surface area contributed by atoms with E-state index in [2.05, 4.69) is 74.6 Å². The normalized spacial score (nSPS) is 14.4. The number of rotatable bonds is 42. The summed E-state index contributed by atoms with van der Waals surface area (Å²) in [5.74, 6) is -0.439. The Hall–Kier alpha value is -2.48. The number of hydrogen-bond acceptors (Lipinski definition) is 7. The molecule has 0 aromatic carbocycles. The molecule has 0 saturated carbocycles. The maximum atomic E-state index is 12.7. The first-order valence-electron chi connectivity index (χ1n) is 23.4. The number of carbonyl (C=O) groups is 1. The Morgan fingerprint density at radius 2 is 1.00 bits per heavy atom. The fraction of sp³-hybridized carbons (Fsp3) is 0.700. The molecule has 0 aliphatic rings. The van der Waals surface area contributed by atoms with Gasteiger partial charge >= 0.3 is 5.97 Å². The molecule has 0 radical (unpaired) electrons. The highest BCUT2D eigenvalue weighted by atomic mass is 31.2. The second kappa shape index (κ2) is 42.2. The fourth-order valence-corrected chi connectivity index (χ4v) is 6.68. The molecule has 0 spiro atoms. The third-order valence-electron chi connectivity index (χ3n) is 9.54. The highest BCUT2D eigenvalue weighted by molar-refractivity contribution is 7.45. The van der Waals surface area contributed by atoms with Crippen LogP contribution in [0.25, 0.3) is 0 Å². The first-order valence-corrected chi connectivity index (χ1v) is 24.8. The van der Waals surface area contributed by atoms with Gasteiger partial charge in [0.15, 0.2) is 6.10 Å². The number of allylic oxidation sites excluding steroid dienone is 13. The summed E-state index contributed by atoms with van der Waals surface area (Å²) in [4.78, 5) is 25.0. The predicted octanol–water partition coefficient (Wildman–Crippen LogP) is 13.8. The van der Waals surface area contributed by atoms with Crippen LogP contribution in [0.4, 0.5) is 0 Å². The molecule has 1 unspecified atom stereocenters. The maximum absolute atomic E-state index is 12.7. The number of unbranched alkanes of at least 4 members (excludes halogenated alkanes) is 16. The van der Waals surface area contributed by atoms with Crippen LogP contribution in [-0.4, -0.2) is 64.1 Å². The molecular weight excluding hydrogens is 758 g/mol. The zero-order valence-electron chi connectivity index (χ0n) is 38.4. The summed E-state index contributed by atoms with van der Waals surface area (Å²) in [6.07, 6.45) is 57.1. The van der Waals surface area contributed by atoms with Gasteiger partial charge in [-0.05, 0) is 63.9 Å². The number of likely N-dealkylation sites (N-methyl/N-ethyl adjacent to an activating group) is 1. The standard InChI is InChI=1S/C50H88NO7P/c1-6-8-10-12-14-16-18-20-22-24-26-27-29-31-33-35-37-39-41-43-50(52)58-49(48-57-59(53,54)56-46-44-51(3,4)5)47-55-45-42-40-38-36-34-32-30-28-25-23-21-19-17-15-13-11-9-7-2/h8,10,14,16,20,22,26-27,31,33,37,39,42,45,49H,6-7,9,11-13,15,17-19,21,23-25,28-30,32,34-36,38,40-41,43-44,46-48H2,1-5H3/b10-8-,16-14-,22-20-,27-26-,33-31-,39-37-,45-42-/t49-/m1/s1. The largest absolute Gasteiger partial charge is 0.756 e. The first-order chi connectivity index (χ1) is 28.6. The fourth-order valence-electron chi connectivity index (χ4n) is 5.95. The van der Waals surface area contributed by atoms with Crippen molar-refractivity contribution in [2.45, 2.75) is 180 Å². The van der Waals surface area contributed by atoms with Crippen molar-refractivity contribution in [3.63, 3.8) is 0 Å². The van der Waals surface area contributed by atoms with Crippen LogP contribution in [-0.2, 0) is 27.9 Å². The smallest absolute Gasteiger partial charge is 0.306 e. The lowest BCUT2D eigenvalue weighted by Crippen LogP contribution is -2.37. The van der Waals surface area contributed by atoms with Crippen LogP contribution in [0, 0.1) is 0 Å². The minimum absolute atomic E-state index is 0.000710. The minimum Gasteiger partial charge on any atom is -0.756 e. The molecule has 9 heteroatoms. The number of hydrogen-bond donors (Lipinski definition) is 0. The topological polar surface area (TPSA) is 94.1 Å². The third-order valence-corrected chi connectivity index (χ3v) is 10.5. The highest BCUT2D eigenvalue weighted by Crippen LogP contribution is 2.38. The van der Waals surface area contributed by atoms with Crippen LogP contribution in [0.5, 0.6) is 0 Å². The molecule has 0 N–H and O–H groups in total. The average Bonchev–Trinajstić information content (AvgIpc) is 3.19. The second-order valence-electron chi connectivity index (χ2n) is 16.5. The van der Waals surface area contributed by atoms with Gasteiger partial charge in [0.25, 0.3) is 7.82 Å². The molecule has 0 aromatic heterocycles. The van der Waals surface area contributed by atoms with Gasteiger partial charge in [0.1, 0.15) is 19.8 Å². The summed E-state index contributed by atoms with van der Waals surface area (Å²) in [5, 5.41) is 0. The van der Waals surface area contributed by atoms with Crippen LogP contribution in [0.15, 0.2) is 85.3 Å². The van der Waals surface area contributed by atoms with Gasteiger partial charge in [0.05, 0.1) is 34.0 Å². The summed E-state index contributed by atoms with van der Waals surface area (Å²) < 4.78 is 34.3. The summed E-state index contributed by atoms with van der Waals surface area (Å²) in [6.45, 7) is 4.53. The van der Waals surface area contributed by atoms with Crippen molar-refractivity contribution in [3.05, 3.63) is 85.3 Å². The number of phosphoric ester groups is 1. The Bertz CT molecular complexity index is 1210. The van der Waals surface area contributed by atoms with Crippen LogP contribution in [0.2, 0.25) is 0 Å². The number of ether oxygens (including phenoxy) is 2. The number of phosphoric acid groups is 1. The predicted molar refractivity (Wildman–Crippen MR) is 249 cm³/mol. The van der Waals surface area contributed by atoms with Crippen molar-refractivity contribution in [2.24, 2.45) is 0 Å². The number of carbonyl (C=O) groups excluding carboxylic acids is 1. The van der Waals surface area contributed by atoms with Crippen LogP contribution >= 0.6 is 7.82 Å². The zero-order valence-corrected chi connectivity index (χ0v) is 39.3. The zero-order chi connectivity index (χ0) is 43.4.